The van der Waals surface area contributed by atoms with Gasteiger partial charge in [-0.1, -0.05) is 0 Å². The van der Waals surface area contributed by atoms with Crippen LogP contribution in [-0.2, 0) is 4.79 Å². The minimum absolute atomic E-state index is 0. The molecular formula is C17H28Cl2N4O2. The van der Waals surface area contributed by atoms with Gasteiger partial charge in [-0.15, -0.1) is 24.8 Å². The summed E-state index contributed by atoms with van der Waals surface area (Å²) < 4.78 is 0. The van der Waals surface area contributed by atoms with Crippen LogP contribution < -0.4 is 11.1 Å². The van der Waals surface area contributed by atoms with Crippen molar-refractivity contribution in [3.63, 3.8) is 0 Å². The van der Waals surface area contributed by atoms with Crippen LogP contribution in [0.25, 0.3) is 0 Å². The van der Waals surface area contributed by atoms with Crippen LogP contribution in [0.1, 0.15) is 30.1 Å². The molecule has 25 heavy (non-hydrogen) atoms. The van der Waals surface area contributed by atoms with Crippen molar-refractivity contribution < 1.29 is 9.59 Å². The fourth-order valence-electron chi connectivity index (χ4n) is 2.78. The van der Waals surface area contributed by atoms with E-state index in [2.05, 4.69) is 17.3 Å². The van der Waals surface area contributed by atoms with E-state index >= 15 is 0 Å². The van der Waals surface area contributed by atoms with Gasteiger partial charge in [0.2, 0.25) is 5.91 Å². The molecule has 2 atom stereocenters. The number of anilines is 1. The number of piperidine rings is 1. The summed E-state index contributed by atoms with van der Waals surface area (Å²) in [6.07, 6.45) is 2.15. The van der Waals surface area contributed by atoms with Gasteiger partial charge in [0.1, 0.15) is 0 Å². The minimum atomic E-state index is -0.564. The van der Waals surface area contributed by atoms with E-state index < -0.39 is 6.04 Å². The second kappa shape index (κ2) is 10.6. The van der Waals surface area contributed by atoms with E-state index in [1.165, 1.54) is 0 Å². The van der Waals surface area contributed by atoms with Gasteiger partial charge < -0.3 is 20.9 Å². The highest BCUT2D eigenvalue weighted by molar-refractivity contribution is 5.97. The summed E-state index contributed by atoms with van der Waals surface area (Å²) in [5.41, 5.74) is 6.79. The molecule has 2 rings (SSSR count). The average molecular weight is 391 g/mol. The van der Waals surface area contributed by atoms with Crippen LogP contribution >= 0.6 is 24.8 Å². The lowest BCUT2D eigenvalue weighted by atomic mass is 10.0. The van der Waals surface area contributed by atoms with Gasteiger partial charge in [0, 0.05) is 30.9 Å². The molecule has 2 amide bonds. The lowest BCUT2D eigenvalue weighted by molar-refractivity contribution is -0.117. The number of hydrogen-bond acceptors (Lipinski definition) is 4. The van der Waals surface area contributed by atoms with Gasteiger partial charge in [0.15, 0.2) is 0 Å². The Kier molecular flexibility index (Phi) is 10.0. The fourth-order valence-corrected chi connectivity index (χ4v) is 2.78. The Morgan fingerprint density at radius 3 is 2.40 bits per heavy atom. The molecule has 1 aromatic carbocycles. The maximum Gasteiger partial charge on any atom is 0.253 e. The van der Waals surface area contributed by atoms with Crippen LogP contribution in [0.3, 0.4) is 0 Å². The first-order valence-electron chi connectivity index (χ1n) is 8.00. The number of hydrogen-bond donors (Lipinski definition) is 2. The second-order valence-electron chi connectivity index (χ2n) is 6.33. The van der Waals surface area contributed by atoms with Crippen LogP contribution in [0.5, 0.6) is 0 Å². The smallest absolute Gasteiger partial charge is 0.253 e. The minimum Gasteiger partial charge on any atom is -0.337 e. The highest BCUT2D eigenvalue weighted by atomic mass is 35.5. The van der Waals surface area contributed by atoms with Gasteiger partial charge in [0.05, 0.1) is 6.04 Å². The standard InChI is InChI=1S/C17H26N4O2.2ClH/c1-12(18)16(22)19-14-8-6-13(7-9-14)17(23)21(3)15-5-4-10-20(2)11-15;;/h6-9,12,15H,4-5,10-11,18H2,1-3H3,(H,19,22);2*1H/t12-,15?;;/m1../s1. The molecule has 0 aromatic heterocycles. The number of benzene rings is 1. The summed E-state index contributed by atoms with van der Waals surface area (Å²) in [4.78, 5) is 28.2. The molecule has 1 aliphatic rings. The Labute approximate surface area is 161 Å². The summed E-state index contributed by atoms with van der Waals surface area (Å²) in [6, 6.07) is 6.62. The monoisotopic (exact) mass is 390 g/mol. The van der Waals surface area contributed by atoms with E-state index in [1.54, 1.807) is 31.2 Å². The Morgan fingerprint density at radius 1 is 1.28 bits per heavy atom. The summed E-state index contributed by atoms with van der Waals surface area (Å²) in [5, 5.41) is 2.71. The van der Waals surface area contributed by atoms with Crippen molar-refractivity contribution in [2.75, 3.05) is 32.5 Å². The number of nitrogens with one attached hydrogen (secondary N) is 1. The summed E-state index contributed by atoms with van der Waals surface area (Å²) in [5.74, 6) is -0.234. The normalized spacial score (nSPS) is 18.3. The average Bonchev–Trinajstić information content (AvgIpc) is 2.54. The van der Waals surface area contributed by atoms with Gasteiger partial charge in [-0.2, -0.15) is 0 Å². The molecule has 0 bridgehead atoms. The van der Waals surface area contributed by atoms with Crippen LogP contribution in [-0.4, -0.2) is 60.9 Å². The van der Waals surface area contributed by atoms with Crippen molar-refractivity contribution in [2.45, 2.75) is 31.8 Å². The molecule has 0 radical (unpaired) electrons. The number of halogens is 2. The maximum absolute atomic E-state index is 12.6. The third-order valence-electron chi connectivity index (χ3n) is 4.28. The third-order valence-corrected chi connectivity index (χ3v) is 4.28. The number of carbonyl (C=O) groups excluding carboxylic acids is 2. The molecule has 142 valence electrons. The van der Waals surface area contributed by atoms with Crippen LogP contribution in [0.4, 0.5) is 5.69 Å². The van der Waals surface area contributed by atoms with Crippen LogP contribution in [0.2, 0.25) is 0 Å². The number of likely N-dealkylation sites (tertiary alicyclic amines) is 1. The molecule has 6 nitrogen and oxygen atoms in total. The molecule has 3 N–H and O–H groups in total. The van der Waals surface area contributed by atoms with E-state index in [1.807, 2.05) is 11.9 Å². The largest absolute Gasteiger partial charge is 0.337 e. The van der Waals surface area contributed by atoms with Crippen molar-refractivity contribution in [1.29, 1.82) is 0 Å². The molecular weight excluding hydrogens is 363 g/mol. The number of carbonyl (C=O) groups is 2. The highest BCUT2D eigenvalue weighted by Gasteiger charge is 2.25. The van der Waals surface area contributed by atoms with Gasteiger partial charge in [0.25, 0.3) is 5.91 Å². The Balaban J connectivity index is 0.00000288. The van der Waals surface area contributed by atoms with Gasteiger partial charge in [-0.05, 0) is 57.6 Å². The second-order valence-corrected chi connectivity index (χ2v) is 6.33. The summed E-state index contributed by atoms with van der Waals surface area (Å²) >= 11 is 0. The van der Waals surface area contributed by atoms with Crippen molar-refractivity contribution in [3.05, 3.63) is 29.8 Å². The molecule has 8 heteroatoms. The molecule has 1 fully saturated rings. The molecule has 1 heterocycles. The molecule has 1 aromatic rings. The molecule has 0 spiro atoms. The Bertz CT molecular complexity index is 566. The molecule has 0 saturated carbocycles. The van der Waals surface area contributed by atoms with Crippen LogP contribution in [0, 0.1) is 0 Å². The summed E-state index contributed by atoms with van der Waals surface area (Å²) in [6.45, 7) is 3.63. The van der Waals surface area contributed by atoms with Crippen molar-refractivity contribution >= 4 is 42.3 Å². The maximum atomic E-state index is 12.6. The van der Waals surface area contributed by atoms with E-state index in [-0.39, 0.29) is 42.7 Å². The zero-order valence-electron chi connectivity index (χ0n) is 14.9. The Hall–Kier alpha value is -1.34. The van der Waals surface area contributed by atoms with Crippen LogP contribution in [0.15, 0.2) is 24.3 Å². The van der Waals surface area contributed by atoms with Gasteiger partial charge in [-0.25, -0.2) is 0 Å². The lowest BCUT2D eigenvalue weighted by Gasteiger charge is -2.35. The number of nitrogens with two attached hydrogens (primary N) is 1. The number of nitrogens with zero attached hydrogens (tertiary/aromatic N) is 2. The van der Waals surface area contributed by atoms with Crippen molar-refractivity contribution in [2.24, 2.45) is 5.73 Å². The molecule has 0 aliphatic carbocycles. The van der Waals surface area contributed by atoms with Crippen molar-refractivity contribution in [3.8, 4) is 0 Å². The number of rotatable bonds is 4. The first kappa shape index (κ1) is 23.7. The van der Waals surface area contributed by atoms with E-state index in [0.717, 1.165) is 25.9 Å². The lowest BCUT2D eigenvalue weighted by Crippen LogP contribution is -2.47. The predicted octanol–water partition coefficient (Wildman–Crippen LogP) is 1.98. The zero-order valence-corrected chi connectivity index (χ0v) is 16.5. The quantitative estimate of drug-likeness (QED) is 0.823. The van der Waals surface area contributed by atoms with Crippen molar-refractivity contribution in [1.82, 2.24) is 9.80 Å². The van der Waals surface area contributed by atoms with Gasteiger partial charge in [-0.3, -0.25) is 9.59 Å². The number of likely N-dealkylation sites (N-methyl/N-ethyl adjacent to an activating group) is 2. The SMILES string of the molecule is C[C@@H](N)C(=O)Nc1ccc(C(=O)N(C)C2CCCN(C)C2)cc1.Cl.Cl. The van der Waals surface area contributed by atoms with Gasteiger partial charge >= 0.3 is 0 Å². The molecule has 1 saturated heterocycles. The first-order chi connectivity index (χ1) is 10.9. The number of amides is 2. The zero-order chi connectivity index (χ0) is 17.0. The topological polar surface area (TPSA) is 78.7 Å². The summed E-state index contributed by atoms with van der Waals surface area (Å²) in [7, 11) is 3.94. The third kappa shape index (κ3) is 6.47. The molecule has 1 aliphatic heterocycles. The highest BCUT2D eigenvalue weighted by Crippen LogP contribution is 2.17. The fraction of sp³-hybridized carbons (Fsp3) is 0.529. The van der Waals surface area contributed by atoms with E-state index in [9.17, 15) is 9.59 Å². The Morgan fingerprint density at radius 2 is 1.88 bits per heavy atom. The molecule has 1 unspecified atom stereocenters. The predicted molar refractivity (Wildman–Crippen MR) is 106 cm³/mol. The first-order valence-corrected chi connectivity index (χ1v) is 8.00. The van der Waals surface area contributed by atoms with E-state index in [0.29, 0.717) is 11.3 Å². The van der Waals surface area contributed by atoms with E-state index in [4.69, 9.17) is 5.73 Å².